The molecule has 1 N–H and O–H groups in total. The second kappa shape index (κ2) is 8.39. The van der Waals surface area contributed by atoms with Crippen LogP contribution in [0.15, 0.2) is 36.5 Å². The number of aliphatic hydroxyl groups excluding tert-OH is 1. The van der Waals surface area contributed by atoms with Gasteiger partial charge in [0.05, 0.1) is 11.6 Å². The van der Waals surface area contributed by atoms with Gasteiger partial charge in [-0.2, -0.15) is 0 Å². The van der Waals surface area contributed by atoms with E-state index in [0.717, 1.165) is 29.7 Å². The number of likely N-dealkylation sites (tertiary alicyclic amines) is 1. The Hall–Kier alpha value is -1.94. The molecule has 1 saturated carbocycles. The average molecular weight is 367 g/mol. The van der Waals surface area contributed by atoms with Gasteiger partial charge in [0.15, 0.2) is 0 Å². The Morgan fingerprint density at radius 3 is 2.78 bits per heavy atom. The number of pyridine rings is 1. The first-order chi connectivity index (χ1) is 13.2. The topological polar surface area (TPSA) is 53.4 Å². The highest BCUT2D eigenvalue weighted by molar-refractivity contribution is 5.82. The standard InChI is InChI=1S/C23H30N2O2/c26-22-16-25(23(27)11-10-17-6-2-1-3-7-17)15-19(22)14-18-12-13-24-21-9-5-4-8-20(18)21/h4-5,8-9,12-13,17,19,22,26H,1-3,6-7,10-11,14-16H2/t19-,22-/m1/s1. The fourth-order valence-corrected chi connectivity index (χ4v) is 4.84. The minimum absolute atomic E-state index is 0.106. The lowest BCUT2D eigenvalue weighted by atomic mass is 9.86. The average Bonchev–Trinajstić information content (AvgIpc) is 3.08. The molecule has 1 aromatic carbocycles. The van der Waals surface area contributed by atoms with Crippen LogP contribution < -0.4 is 0 Å². The Labute approximate surface area is 161 Å². The molecular weight excluding hydrogens is 336 g/mol. The molecular formula is C23H30N2O2. The van der Waals surface area contributed by atoms with E-state index in [1.54, 1.807) is 0 Å². The quantitative estimate of drug-likeness (QED) is 0.871. The molecule has 1 aromatic heterocycles. The predicted octanol–water partition coefficient (Wildman–Crippen LogP) is 3.96. The van der Waals surface area contributed by atoms with Gasteiger partial charge in [-0.05, 0) is 36.5 Å². The lowest BCUT2D eigenvalue weighted by Gasteiger charge is -2.22. The van der Waals surface area contributed by atoms with Gasteiger partial charge in [-0.1, -0.05) is 50.3 Å². The van der Waals surface area contributed by atoms with Gasteiger partial charge in [-0.3, -0.25) is 9.78 Å². The SMILES string of the molecule is O=C(CCC1CCCCC1)N1C[C@@H](Cc2ccnc3ccccc23)[C@H](O)C1. The third kappa shape index (κ3) is 4.32. The first-order valence-electron chi connectivity index (χ1n) is 10.5. The monoisotopic (exact) mass is 366 g/mol. The number of carbonyl (C=O) groups excluding carboxylic acids is 1. The zero-order chi connectivity index (χ0) is 18.6. The number of para-hydroxylation sites is 1. The summed E-state index contributed by atoms with van der Waals surface area (Å²) in [6.07, 6.45) is 10.4. The smallest absolute Gasteiger partial charge is 0.222 e. The number of hydrogen-bond acceptors (Lipinski definition) is 3. The minimum Gasteiger partial charge on any atom is -0.391 e. The molecule has 1 amide bonds. The Kier molecular flexibility index (Phi) is 5.72. The van der Waals surface area contributed by atoms with E-state index >= 15 is 0 Å². The van der Waals surface area contributed by atoms with Gasteiger partial charge in [-0.25, -0.2) is 0 Å². The van der Waals surface area contributed by atoms with Gasteiger partial charge in [0, 0.05) is 37.0 Å². The van der Waals surface area contributed by atoms with E-state index in [-0.39, 0.29) is 11.8 Å². The van der Waals surface area contributed by atoms with Gasteiger partial charge >= 0.3 is 0 Å². The van der Waals surface area contributed by atoms with Crippen LogP contribution in [0.3, 0.4) is 0 Å². The number of aromatic nitrogens is 1. The molecule has 2 aromatic rings. The maximum atomic E-state index is 12.6. The maximum absolute atomic E-state index is 12.6. The number of benzene rings is 1. The third-order valence-electron chi connectivity index (χ3n) is 6.47. The lowest BCUT2D eigenvalue weighted by molar-refractivity contribution is -0.130. The molecule has 0 bridgehead atoms. The minimum atomic E-state index is -0.435. The molecule has 2 fully saturated rings. The molecule has 2 atom stereocenters. The Bertz CT molecular complexity index is 780. The van der Waals surface area contributed by atoms with Gasteiger partial charge < -0.3 is 10.0 Å². The summed E-state index contributed by atoms with van der Waals surface area (Å²) in [4.78, 5) is 19.0. The predicted molar refractivity (Wildman–Crippen MR) is 107 cm³/mol. The number of carbonyl (C=O) groups is 1. The molecule has 2 aliphatic rings. The van der Waals surface area contributed by atoms with Crippen molar-refractivity contribution in [2.75, 3.05) is 13.1 Å². The van der Waals surface area contributed by atoms with Gasteiger partial charge in [-0.15, -0.1) is 0 Å². The first kappa shape index (κ1) is 18.4. The van der Waals surface area contributed by atoms with Crippen molar-refractivity contribution in [1.82, 2.24) is 9.88 Å². The zero-order valence-corrected chi connectivity index (χ0v) is 16.0. The van der Waals surface area contributed by atoms with Crippen LogP contribution in [-0.4, -0.2) is 40.1 Å². The van der Waals surface area contributed by atoms with E-state index in [9.17, 15) is 9.90 Å². The van der Waals surface area contributed by atoms with Crippen molar-refractivity contribution in [1.29, 1.82) is 0 Å². The maximum Gasteiger partial charge on any atom is 0.222 e. The Morgan fingerprint density at radius 1 is 1.11 bits per heavy atom. The van der Waals surface area contributed by atoms with Crippen molar-refractivity contribution < 1.29 is 9.90 Å². The summed E-state index contributed by atoms with van der Waals surface area (Å²) in [7, 11) is 0. The molecule has 4 rings (SSSR count). The molecule has 4 heteroatoms. The molecule has 1 aliphatic heterocycles. The fourth-order valence-electron chi connectivity index (χ4n) is 4.84. The van der Waals surface area contributed by atoms with Crippen molar-refractivity contribution in [2.45, 2.75) is 57.5 Å². The number of hydrogen-bond donors (Lipinski definition) is 1. The van der Waals surface area contributed by atoms with Crippen LogP contribution in [0, 0.1) is 11.8 Å². The van der Waals surface area contributed by atoms with Crippen molar-refractivity contribution >= 4 is 16.8 Å². The van der Waals surface area contributed by atoms with E-state index in [1.807, 2.05) is 35.4 Å². The fraction of sp³-hybridized carbons (Fsp3) is 0.565. The normalized spacial score (nSPS) is 23.8. The molecule has 1 aliphatic carbocycles. The van der Waals surface area contributed by atoms with Crippen LogP contribution in [0.5, 0.6) is 0 Å². The van der Waals surface area contributed by atoms with Crippen molar-refractivity contribution in [3.05, 3.63) is 42.1 Å². The number of aliphatic hydroxyl groups is 1. The van der Waals surface area contributed by atoms with Crippen LogP contribution in [0.2, 0.25) is 0 Å². The number of rotatable bonds is 5. The highest BCUT2D eigenvalue weighted by Crippen LogP contribution is 2.29. The van der Waals surface area contributed by atoms with E-state index in [1.165, 1.54) is 37.7 Å². The molecule has 2 heterocycles. The summed E-state index contributed by atoms with van der Waals surface area (Å²) in [6, 6.07) is 10.2. The van der Waals surface area contributed by atoms with Gasteiger partial charge in [0.25, 0.3) is 0 Å². The highest BCUT2D eigenvalue weighted by Gasteiger charge is 2.34. The number of fused-ring (bicyclic) bond motifs is 1. The number of β-amino-alcohol motifs (C(OH)–C–C–N with tert-alkyl or cyclic N) is 1. The van der Waals surface area contributed by atoms with E-state index in [0.29, 0.717) is 19.5 Å². The molecule has 4 nitrogen and oxygen atoms in total. The summed E-state index contributed by atoms with van der Waals surface area (Å²) >= 11 is 0. The van der Waals surface area contributed by atoms with Crippen LogP contribution >= 0.6 is 0 Å². The van der Waals surface area contributed by atoms with E-state index in [4.69, 9.17) is 0 Å². The van der Waals surface area contributed by atoms with E-state index in [2.05, 4.69) is 11.1 Å². The van der Waals surface area contributed by atoms with Crippen LogP contribution in [0.1, 0.15) is 50.5 Å². The molecule has 1 saturated heterocycles. The molecule has 27 heavy (non-hydrogen) atoms. The van der Waals surface area contributed by atoms with Gasteiger partial charge in [0.1, 0.15) is 0 Å². The van der Waals surface area contributed by atoms with Crippen LogP contribution in [0.4, 0.5) is 0 Å². The summed E-state index contributed by atoms with van der Waals surface area (Å²) in [6.45, 7) is 1.15. The number of amides is 1. The summed E-state index contributed by atoms with van der Waals surface area (Å²) in [5.74, 6) is 1.06. The zero-order valence-electron chi connectivity index (χ0n) is 16.0. The highest BCUT2D eigenvalue weighted by atomic mass is 16.3. The van der Waals surface area contributed by atoms with Crippen molar-refractivity contribution in [3.63, 3.8) is 0 Å². The molecule has 144 valence electrons. The van der Waals surface area contributed by atoms with Crippen molar-refractivity contribution in [2.24, 2.45) is 11.8 Å². The van der Waals surface area contributed by atoms with Crippen LogP contribution in [-0.2, 0) is 11.2 Å². The van der Waals surface area contributed by atoms with Crippen LogP contribution in [0.25, 0.3) is 10.9 Å². The Balaban J connectivity index is 1.35. The van der Waals surface area contributed by atoms with Crippen molar-refractivity contribution in [3.8, 4) is 0 Å². The van der Waals surface area contributed by atoms with Gasteiger partial charge in [0.2, 0.25) is 5.91 Å². The second-order valence-corrected chi connectivity index (χ2v) is 8.36. The van der Waals surface area contributed by atoms with E-state index < -0.39 is 6.10 Å². The number of nitrogens with zero attached hydrogens (tertiary/aromatic N) is 2. The largest absolute Gasteiger partial charge is 0.391 e. The Morgan fingerprint density at radius 2 is 1.93 bits per heavy atom. The molecule has 0 unspecified atom stereocenters. The molecule has 0 radical (unpaired) electrons. The summed E-state index contributed by atoms with van der Waals surface area (Å²) < 4.78 is 0. The summed E-state index contributed by atoms with van der Waals surface area (Å²) in [5, 5.41) is 11.7. The summed E-state index contributed by atoms with van der Waals surface area (Å²) in [5.41, 5.74) is 2.20. The third-order valence-corrected chi connectivity index (χ3v) is 6.47. The lowest BCUT2D eigenvalue weighted by Crippen LogP contribution is -2.30. The first-order valence-corrected chi connectivity index (χ1v) is 10.5. The second-order valence-electron chi connectivity index (χ2n) is 8.36. The molecule has 0 spiro atoms.